The second-order valence-electron chi connectivity index (χ2n) is 9.87. The first-order valence-electron chi connectivity index (χ1n) is 12.9. The van der Waals surface area contributed by atoms with Crippen LogP contribution in [0, 0.1) is 5.82 Å². The van der Waals surface area contributed by atoms with E-state index in [1.54, 1.807) is 18.2 Å². The van der Waals surface area contributed by atoms with Gasteiger partial charge in [0.25, 0.3) is 11.8 Å². The highest BCUT2D eigenvalue weighted by Gasteiger charge is 2.35. The summed E-state index contributed by atoms with van der Waals surface area (Å²) in [5.74, 6) is -0.300. The van der Waals surface area contributed by atoms with Crippen LogP contribution in [0.25, 0.3) is 21.2 Å². The van der Waals surface area contributed by atoms with E-state index in [0.29, 0.717) is 40.7 Å². The molecule has 1 aliphatic carbocycles. The fourth-order valence-electron chi connectivity index (χ4n) is 5.16. The minimum absolute atomic E-state index is 0.139. The molecule has 4 aromatic rings. The van der Waals surface area contributed by atoms with E-state index in [9.17, 15) is 14.0 Å². The Balaban J connectivity index is 1.25. The van der Waals surface area contributed by atoms with Crippen molar-refractivity contribution < 1.29 is 14.0 Å². The second kappa shape index (κ2) is 10.1. The molecule has 1 unspecified atom stereocenters. The van der Waals surface area contributed by atoms with Crippen LogP contribution in [0.5, 0.6) is 0 Å². The maximum absolute atomic E-state index is 14.8. The molecule has 188 valence electrons. The van der Waals surface area contributed by atoms with Gasteiger partial charge in [0.2, 0.25) is 0 Å². The maximum atomic E-state index is 14.8. The lowest BCUT2D eigenvalue weighted by molar-refractivity contribution is 0.0598. The van der Waals surface area contributed by atoms with Gasteiger partial charge in [-0.25, -0.2) is 9.37 Å². The third-order valence-electron chi connectivity index (χ3n) is 7.31. The number of halogens is 1. The van der Waals surface area contributed by atoms with Gasteiger partial charge in [-0.15, -0.1) is 11.3 Å². The van der Waals surface area contributed by atoms with Crippen LogP contribution in [0.1, 0.15) is 63.9 Å². The van der Waals surface area contributed by atoms with Crippen molar-refractivity contribution in [3.63, 3.8) is 0 Å². The number of carbonyl (C=O) groups excluding carboxylic acids is 2. The zero-order valence-corrected chi connectivity index (χ0v) is 21.3. The van der Waals surface area contributed by atoms with E-state index in [-0.39, 0.29) is 23.7 Å². The minimum atomic E-state index is -0.347. The van der Waals surface area contributed by atoms with E-state index in [1.165, 1.54) is 17.4 Å². The van der Waals surface area contributed by atoms with Gasteiger partial charge >= 0.3 is 0 Å². The predicted octanol–water partition coefficient (Wildman–Crippen LogP) is 6.40. The Morgan fingerprint density at radius 2 is 1.76 bits per heavy atom. The number of piperidine rings is 1. The molecule has 0 spiro atoms. The number of amides is 2. The number of hydrogen-bond donors (Lipinski definition) is 1. The maximum Gasteiger partial charge on any atom is 0.274 e. The van der Waals surface area contributed by atoms with Crippen molar-refractivity contribution in [2.45, 2.75) is 44.1 Å². The van der Waals surface area contributed by atoms with Crippen molar-refractivity contribution in [1.29, 1.82) is 0 Å². The molecule has 2 fully saturated rings. The lowest BCUT2D eigenvalue weighted by Gasteiger charge is -2.35. The fraction of sp³-hybridized carbons (Fsp3) is 0.300. The smallest absolute Gasteiger partial charge is 0.274 e. The standard InChI is InChI=1S/C30H28FN3O2S/c31-25-14-4-3-12-24(25)27-26(33-29(37-27)20-15-16-20)30(36)34-17-6-5-10-21(34)18-32-28(35)23-13-7-9-19-8-1-2-11-22(19)23/h1-4,7-9,11-14,20-21H,5-6,10,15-18H2,(H,32,35). The van der Waals surface area contributed by atoms with Crippen molar-refractivity contribution in [3.05, 3.63) is 88.8 Å². The number of benzene rings is 3. The molecule has 1 saturated heterocycles. The number of nitrogens with zero attached hydrogens (tertiary/aromatic N) is 2. The van der Waals surface area contributed by atoms with Crippen LogP contribution < -0.4 is 5.32 Å². The second-order valence-corrected chi connectivity index (χ2v) is 10.9. The van der Waals surface area contributed by atoms with Crippen LogP contribution in [0.15, 0.2) is 66.7 Å². The number of hydrogen-bond acceptors (Lipinski definition) is 4. The first-order valence-corrected chi connectivity index (χ1v) is 13.7. The summed E-state index contributed by atoms with van der Waals surface area (Å²) < 4.78 is 14.8. The van der Waals surface area contributed by atoms with E-state index in [4.69, 9.17) is 4.98 Å². The third-order valence-corrected chi connectivity index (χ3v) is 8.56. The number of thiazole rings is 1. The van der Waals surface area contributed by atoms with E-state index in [2.05, 4.69) is 5.32 Å². The zero-order chi connectivity index (χ0) is 25.4. The lowest BCUT2D eigenvalue weighted by atomic mass is 10.00. The zero-order valence-electron chi connectivity index (χ0n) is 20.5. The molecule has 0 radical (unpaired) electrons. The molecule has 1 N–H and O–H groups in total. The summed E-state index contributed by atoms with van der Waals surface area (Å²) in [5, 5.41) is 5.91. The molecular weight excluding hydrogens is 485 g/mol. The Morgan fingerprint density at radius 3 is 2.59 bits per heavy atom. The lowest BCUT2D eigenvalue weighted by Crippen LogP contribution is -2.49. The van der Waals surface area contributed by atoms with Gasteiger partial charge < -0.3 is 10.2 Å². The number of likely N-dealkylation sites (tertiary alicyclic amines) is 1. The van der Waals surface area contributed by atoms with Gasteiger partial charge in [0, 0.05) is 36.2 Å². The number of carbonyl (C=O) groups is 2. The highest BCUT2D eigenvalue weighted by molar-refractivity contribution is 7.15. The van der Waals surface area contributed by atoms with Crippen LogP contribution in [0.3, 0.4) is 0 Å². The molecule has 37 heavy (non-hydrogen) atoms. The predicted molar refractivity (Wildman–Crippen MR) is 144 cm³/mol. The molecule has 7 heteroatoms. The molecule has 6 rings (SSSR count). The van der Waals surface area contributed by atoms with Gasteiger partial charge in [-0.2, -0.15) is 0 Å². The van der Waals surface area contributed by atoms with Crippen LogP contribution in [0.4, 0.5) is 4.39 Å². The SMILES string of the molecule is O=C(NCC1CCCCN1C(=O)c1nc(C2CC2)sc1-c1ccccc1F)c1cccc2ccccc12. The number of aromatic nitrogens is 1. The van der Waals surface area contributed by atoms with E-state index >= 15 is 0 Å². The van der Waals surface area contributed by atoms with Gasteiger partial charge in [-0.1, -0.05) is 54.6 Å². The molecule has 1 aliphatic heterocycles. The normalized spacial score (nSPS) is 17.6. The first kappa shape index (κ1) is 23.8. The average molecular weight is 514 g/mol. The summed E-state index contributed by atoms with van der Waals surface area (Å²) in [6, 6.07) is 20.0. The largest absolute Gasteiger partial charge is 0.350 e. The Morgan fingerprint density at radius 1 is 0.973 bits per heavy atom. The summed E-state index contributed by atoms with van der Waals surface area (Å²) in [7, 11) is 0. The van der Waals surface area contributed by atoms with Crippen LogP contribution in [-0.2, 0) is 0 Å². The van der Waals surface area contributed by atoms with Crippen LogP contribution in [-0.4, -0.2) is 40.8 Å². The first-order chi connectivity index (χ1) is 18.1. The minimum Gasteiger partial charge on any atom is -0.350 e. The Hall–Kier alpha value is -3.58. The van der Waals surface area contributed by atoms with Crippen molar-refractivity contribution >= 4 is 33.9 Å². The average Bonchev–Trinajstić information content (AvgIpc) is 3.70. The van der Waals surface area contributed by atoms with E-state index in [0.717, 1.165) is 47.9 Å². The molecule has 1 atom stereocenters. The van der Waals surface area contributed by atoms with Crippen LogP contribution >= 0.6 is 11.3 Å². The molecule has 2 aliphatic rings. The summed E-state index contributed by atoms with van der Waals surface area (Å²) in [6.07, 6.45) is 4.81. The van der Waals surface area contributed by atoms with Gasteiger partial charge in [0.05, 0.1) is 9.88 Å². The highest BCUT2D eigenvalue weighted by Crippen LogP contribution is 2.45. The van der Waals surface area contributed by atoms with Crippen LogP contribution in [0.2, 0.25) is 0 Å². The van der Waals surface area contributed by atoms with Crippen molar-refractivity contribution in [3.8, 4) is 10.4 Å². The molecule has 2 heterocycles. The Kier molecular flexibility index (Phi) is 6.47. The van der Waals surface area contributed by atoms with E-state index in [1.807, 2.05) is 47.4 Å². The summed E-state index contributed by atoms with van der Waals surface area (Å²) in [5.41, 5.74) is 1.39. The number of nitrogens with one attached hydrogen (secondary N) is 1. The number of rotatable bonds is 6. The van der Waals surface area contributed by atoms with Crippen molar-refractivity contribution in [1.82, 2.24) is 15.2 Å². The van der Waals surface area contributed by atoms with Gasteiger partial charge in [0.1, 0.15) is 11.5 Å². The van der Waals surface area contributed by atoms with Gasteiger partial charge in [-0.3, -0.25) is 9.59 Å². The fourth-order valence-corrected chi connectivity index (χ4v) is 6.41. The van der Waals surface area contributed by atoms with E-state index < -0.39 is 0 Å². The van der Waals surface area contributed by atoms with Crippen molar-refractivity contribution in [2.24, 2.45) is 0 Å². The quantitative estimate of drug-likeness (QED) is 0.324. The summed E-state index contributed by atoms with van der Waals surface area (Å²) in [4.78, 5) is 34.2. The molecular formula is C30H28FN3O2S. The molecule has 1 saturated carbocycles. The molecule has 0 bridgehead atoms. The van der Waals surface area contributed by atoms with Gasteiger partial charge in [0.15, 0.2) is 0 Å². The van der Waals surface area contributed by atoms with Crippen molar-refractivity contribution in [2.75, 3.05) is 13.1 Å². The topological polar surface area (TPSA) is 62.3 Å². The molecule has 3 aromatic carbocycles. The Bertz CT molecular complexity index is 1470. The molecule has 5 nitrogen and oxygen atoms in total. The number of fused-ring (bicyclic) bond motifs is 1. The monoisotopic (exact) mass is 513 g/mol. The highest BCUT2D eigenvalue weighted by atomic mass is 32.1. The van der Waals surface area contributed by atoms with Gasteiger partial charge in [-0.05, 0) is 55.0 Å². The molecule has 2 amide bonds. The molecule has 1 aromatic heterocycles. The Labute approximate surface area is 219 Å². The summed E-state index contributed by atoms with van der Waals surface area (Å²) in [6.45, 7) is 0.961. The summed E-state index contributed by atoms with van der Waals surface area (Å²) >= 11 is 1.44. The third kappa shape index (κ3) is 4.76.